The molecule has 1 fully saturated rings. The first-order valence-corrected chi connectivity index (χ1v) is 8.78. The second-order valence-electron chi connectivity index (χ2n) is 6.67. The summed E-state index contributed by atoms with van der Waals surface area (Å²) in [6.07, 6.45) is 1.74. The topological polar surface area (TPSA) is 95.8 Å². The monoisotopic (exact) mass is 348 g/mol. The van der Waals surface area contributed by atoms with Crippen molar-refractivity contribution in [1.29, 1.82) is 0 Å². The first kappa shape index (κ1) is 15.4. The molecule has 4 N–H and O–H groups in total. The molecule has 0 spiro atoms. The first-order chi connectivity index (χ1) is 12.8. The van der Waals surface area contributed by atoms with E-state index in [-0.39, 0.29) is 0 Å². The Bertz CT molecular complexity index is 1060. The number of nitrogens with two attached hydrogens (primary N) is 1. The van der Waals surface area contributed by atoms with E-state index in [9.17, 15) is 0 Å². The van der Waals surface area contributed by atoms with E-state index in [2.05, 4.69) is 43.3 Å². The van der Waals surface area contributed by atoms with Gasteiger partial charge >= 0.3 is 0 Å². The van der Waals surface area contributed by atoms with Crippen molar-refractivity contribution in [2.75, 3.05) is 32.0 Å². The van der Waals surface area contributed by atoms with Crippen molar-refractivity contribution in [3.05, 3.63) is 42.2 Å². The Morgan fingerprint density at radius 2 is 2.00 bits per heavy atom. The van der Waals surface area contributed by atoms with Gasteiger partial charge in [-0.25, -0.2) is 4.98 Å². The maximum atomic E-state index is 6.25. The fourth-order valence-corrected chi connectivity index (χ4v) is 3.62. The van der Waals surface area contributed by atoms with Crippen LogP contribution in [0.2, 0.25) is 0 Å². The van der Waals surface area contributed by atoms with Crippen molar-refractivity contribution < 1.29 is 4.74 Å². The van der Waals surface area contributed by atoms with Gasteiger partial charge in [-0.2, -0.15) is 5.10 Å². The number of nitrogens with one attached hydrogen (secondary N) is 2. The van der Waals surface area contributed by atoms with E-state index in [1.165, 1.54) is 0 Å². The fourth-order valence-electron chi connectivity index (χ4n) is 3.62. The number of aromatic amines is 2. The number of nitrogen functional groups attached to an aromatic ring is 1. The fraction of sp³-hybridized carbons (Fsp3) is 0.263. The summed E-state index contributed by atoms with van der Waals surface area (Å²) in [7, 11) is 0. The minimum Gasteiger partial charge on any atom is -0.383 e. The summed E-state index contributed by atoms with van der Waals surface area (Å²) in [5, 5.41) is 9.06. The molecule has 4 aromatic rings. The molecule has 1 aliphatic rings. The first-order valence-electron chi connectivity index (χ1n) is 8.78. The standard InChI is InChI=1S/C19H20N6O/c20-19-15-10-13(11-25-5-7-26-8-6-25)22-18(15)14-2-1-12(9-17(14)23-19)16-3-4-21-24-16/h1-4,9-10,22H,5-8,11H2,(H2,20,23)(H,21,24). The maximum absolute atomic E-state index is 6.25. The van der Waals surface area contributed by atoms with Gasteiger partial charge in [0.25, 0.3) is 0 Å². The van der Waals surface area contributed by atoms with Crippen LogP contribution in [0.15, 0.2) is 36.5 Å². The Hall–Kier alpha value is -2.90. The highest BCUT2D eigenvalue weighted by Gasteiger charge is 2.15. The van der Waals surface area contributed by atoms with Crippen LogP contribution < -0.4 is 5.73 Å². The Morgan fingerprint density at radius 3 is 2.81 bits per heavy atom. The lowest BCUT2D eigenvalue weighted by Gasteiger charge is -2.25. The molecule has 7 nitrogen and oxygen atoms in total. The number of hydrogen-bond acceptors (Lipinski definition) is 5. The van der Waals surface area contributed by atoms with Crippen molar-refractivity contribution in [3.63, 3.8) is 0 Å². The quantitative estimate of drug-likeness (QED) is 0.529. The van der Waals surface area contributed by atoms with Gasteiger partial charge in [0.2, 0.25) is 0 Å². The molecule has 7 heteroatoms. The number of benzene rings is 1. The van der Waals surface area contributed by atoms with E-state index in [4.69, 9.17) is 10.5 Å². The van der Waals surface area contributed by atoms with Gasteiger partial charge in [0.1, 0.15) is 5.82 Å². The molecule has 1 saturated heterocycles. The lowest BCUT2D eigenvalue weighted by atomic mass is 10.1. The molecule has 3 aromatic heterocycles. The van der Waals surface area contributed by atoms with Crippen molar-refractivity contribution >= 4 is 27.6 Å². The molecular weight excluding hydrogens is 328 g/mol. The predicted octanol–water partition coefficient (Wildman–Crippen LogP) is 2.52. The molecule has 5 rings (SSSR count). The van der Waals surface area contributed by atoms with Gasteiger partial charge in [-0.3, -0.25) is 10.00 Å². The molecule has 1 aromatic carbocycles. The van der Waals surface area contributed by atoms with Crippen LogP contribution in [0.1, 0.15) is 5.69 Å². The second kappa shape index (κ2) is 6.12. The Morgan fingerprint density at radius 1 is 1.12 bits per heavy atom. The number of rotatable bonds is 3. The Kier molecular flexibility index (Phi) is 3.62. The van der Waals surface area contributed by atoms with Crippen LogP contribution in [0.3, 0.4) is 0 Å². The molecule has 0 unspecified atom stereocenters. The van der Waals surface area contributed by atoms with Gasteiger partial charge in [0.05, 0.1) is 29.9 Å². The number of H-pyrrole nitrogens is 2. The van der Waals surface area contributed by atoms with Gasteiger partial charge in [-0.05, 0) is 18.2 Å². The average Bonchev–Trinajstić information content (AvgIpc) is 3.32. The van der Waals surface area contributed by atoms with Crippen molar-refractivity contribution in [2.24, 2.45) is 0 Å². The van der Waals surface area contributed by atoms with Gasteiger partial charge in [0.15, 0.2) is 0 Å². The molecule has 0 amide bonds. The van der Waals surface area contributed by atoms with Gasteiger partial charge in [-0.15, -0.1) is 0 Å². The summed E-state index contributed by atoms with van der Waals surface area (Å²) in [5.74, 6) is 0.554. The Labute approximate surface area is 150 Å². The highest BCUT2D eigenvalue weighted by Crippen LogP contribution is 2.31. The van der Waals surface area contributed by atoms with Gasteiger partial charge in [0, 0.05) is 47.9 Å². The number of pyridine rings is 1. The molecule has 1 aliphatic heterocycles. The molecular formula is C19H20N6O. The summed E-state index contributed by atoms with van der Waals surface area (Å²) < 4.78 is 5.43. The summed E-state index contributed by atoms with van der Waals surface area (Å²) in [6.45, 7) is 4.37. The van der Waals surface area contributed by atoms with Crippen LogP contribution in [-0.4, -0.2) is 51.4 Å². The minimum atomic E-state index is 0.554. The largest absolute Gasteiger partial charge is 0.383 e. The lowest BCUT2D eigenvalue weighted by molar-refractivity contribution is 0.0337. The lowest BCUT2D eigenvalue weighted by Crippen LogP contribution is -2.35. The average molecular weight is 348 g/mol. The molecule has 132 valence electrons. The molecule has 0 saturated carbocycles. The molecule has 0 radical (unpaired) electrons. The van der Waals surface area contributed by atoms with Crippen LogP contribution in [0, 0.1) is 0 Å². The summed E-state index contributed by atoms with van der Waals surface area (Å²) in [4.78, 5) is 10.6. The van der Waals surface area contributed by atoms with Crippen LogP contribution >= 0.6 is 0 Å². The number of aromatic nitrogens is 4. The second-order valence-corrected chi connectivity index (χ2v) is 6.67. The van der Waals surface area contributed by atoms with Gasteiger partial charge in [-0.1, -0.05) is 12.1 Å². The maximum Gasteiger partial charge on any atom is 0.133 e. The summed E-state index contributed by atoms with van der Waals surface area (Å²) in [6, 6.07) is 10.3. The van der Waals surface area contributed by atoms with Crippen LogP contribution in [0.4, 0.5) is 5.82 Å². The third-order valence-corrected chi connectivity index (χ3v) is 4.97. The summed E-state index contributed by atoms with van der Waals surface area (Å²) >= 11 is 0. The normalized spacial score (nSPS) is 15.8. The zero-order valence-electron chi connectivity index (χ0n) is 14.3. The Balaban J connectivity index is 1.58. The number of hydrogen-bond donors (Lipinski definition) is 3. The number of anilines is 1. The van der Waals surface area contributed by atoms with E-state index < -0.39 is 0 Å². The number of morpholine rings is 1. The van der Waals surface area contributed by atoms with Crippen molar-refractivity contribution in [1.82, 2.24) is 25.1 Å². The van der Waals surface area contributed by atoms with Crippen LogP contribution in [0.25, 0.3) is 33.1 Å². The minimum absolute atomic E-state index is 0.554. The van der Waals surface area contributed by atoms with E-state index in [1.54, 1.807) is 6.20 Å². The highest BCUT2D eigenvalue weighted by atomic mass is 16.5. The number of ether oxygens (including phenoxy) is 1. The van der Waals surface area contributed by atoms with Crippen molar-refractivity contribution in [2.45, 2.75) is 6.54 Å². The SMILES string of the molecule is Nc1nc2cc(-c3ccn[nH]3)ccc2c2[nH]c(CN3CCOCC3)cc12. The van der Waals surface area contributed by atoms with Crippen LogP contribution in [-0.2, 0) is 11.3 Å². The number of fused-ring (bicyclic) bond motifs is 3. The molecule has 0 aliphatic carbocycles. The number of nitrogens with zero attached hydrogens (tertiary/aromatic N) is 3. The smallest absolute Gasteiger partial charge is 0.133 e. The van der Waals surface area contributed by atoms with Crippen molar-refractivity contribution in [3.8, 4) is 11.3 Å². The third-order valence-electron chi connectivity index (χ3n) is 4.97. The summed E-state index contributed by atoms with van der Waals surface area (Å²) in [5.41, 5.74) is 11.3. The zero-order valence-corrected chi connectivity index (χ0v) is 14.3. The van der Waals surface area contributed by atoms with Crippen LogP contribution in [0.5, 0.6) is 0 Å². The van der Waals surface area contributed by atoms with Gasteiger partial charge < -0.3 is 15.5 Å². The molecule has 0 atom stereocenters. The molecule has 4 heterocycles. The zero-order chi connectivity index (χ0) is 17.5. The molecule has 0 bridgehead atoms. The predicted molar refractivity (Wildman–Crippen MR) is 102 cm³/mol. The van der Waals surface area contributed by atoms with E-state index in [1.807, 2.05) is 12.1 Å². The molecule has 26 heavy (non-hydrogen) atoms. The highest BCUT2D eigenvalue weighted by molar-refractivity contribution is 6.08. The van der Waals surface area contributed by atoms with E-state index in [0.29, 0.717) is 5.82 Å². The van der Waals surface area contributed by atoms with E-state index in [0.717, 1.165) is 71.6 Å². The van der Waals surface area contributed by atoms with E-state index >= 15 is 0 Å². The third kappa shape index (κ3) is 2.61.